The zero-order valence-corrected chi connectivity index (χ0v) is 35.3. The maximum atomic E-state index is 11.6. The Hall–Kier alpha value is -1.40. The molecule has 0 aliphatic carbocycles. The maximum absolute atomic E-state index is 11.6. The van der Waals surface area contributed by atoms with Crippen LogP contribution in [0.2, 0.25) is 0 Å². The van der Waals surface area contributed by atoms with Crippen LogP contribution >= 0.6 is 61.1 Å². The molecule has 0 bridgehead atoms. The first-order valence-corrected chi connectivity index (χ1v) is 17.1. The highest BCUT2D eigenvalue weighted by Crippen LogP contribution is 2.24. The Morgan fingerprint density at radius 2 is 0.673 bits per heavy atom. The van der Waals surface area contributed by atoms with E-state index in [-0.39, 0.29) is 96.3 Å². The topological polar surface area (TPSA) is 94.6 Å². The van der Waals surface area contributed by atoms with Gasteiger partial charge in [-0.25, -0.2) is 0 Å². The summed E-state index contributed by atoms with van der Waals surface area (Å²) in [5.74, 6) is 0.442. The van der Waals surface area contributed by atoms with Crippen LogP contribution in [0.3, 0.4) is 0 Å². The van der Waals surface area contributed by atoms with Crippen molar-refractivity contribution in [3.05, 3.63) is 0 Å². The van der Waals surface area contributed by atoms with Crippen molar-refractivity contribution in [1.82, 2.24) is 0 Å². The lowest BCUT2D eigenvalue weighted by molar-refractivity contribution is -0.141. The number of rotatable bonds is 11. The average molecular weight is 833 g/mol. The molecule has 314 valence electrons. The molecule has 0 unspecified atom stereocenters. The third-order valence-corrected chi connectivity index (χ3v) is 6.88. The summed E-state index contributed by atoms with van der Waals surface area (Å²) >= 11 is 24.2. The minimum Gasteiger partial charge on any atom is -0.466 e. The smallest absolute Gasteiger partial charge is 0.310 e. The van der Waals surface area contributed by atoms with Crippen molar-refractivity contribution in [2.75, 3.05) is 6.61 Å². The van der Waals surface area contributed by atoms with Crippen LogP contribution in [0.4, 0.5) is 0 Å². The molecule has 0 spiro atoms. The minimum absolute atomic E-state index is 0. The third kappa shape index (κ3) is 70.2. The van der Waals surface area contributed by atoms with Gasteiger partial charge in [0.25, 0.3) is 0 Å². The zero-order chi connectivity index (χ0) is 38.2. The van der Waals surface area contributed by atoms with E-state index in [2.05, 4.69) is 41.4 Å². The first-order chi connectivity index (χ1) is 20.3. The largest absolute Gasteiger partial charge is 0.466 e. The Morgan fingerprint density at radius 3 is 0.808 bits per heavy atom. The first-order valence-electron chi connectivity index (χ1n) is 15.0. The van der Waals surface area contributed by atoms with Crippen LogP contribution in [-0.2, 0) is 28.7 Å². The van der Waals surface area contributed by atoms with Crippen molar-refractivity contribution in [3.63, 3.8) is 0 Å². The summed E-state index contributed by atoms with van der Waals surface area (Å²) in [7, 11) is 0. The molecule has 0 saturated heterocycles. The molecule has 0 aliphatic heterocycles. The van der Waals surface area contributed by atoms with E-state index in [0.717, 1.165) is 19.5 Å². The fraction of sp³-hybridized carbons (Fsp3) is 0.756. The molecular weight excluding hydrogens is 749 g/mol. The average Bonchev–Trinajstić information content (AvgIpc) is 2.76. The standard InChI is InChI=1S/C11H20OS.C8H14OS.C6H10O2S.2C5H8OS.6CH4/c1-10(2,3)8(12)7-9(13)11(4,5)6;1-6(9)5-7(10)8(2,3)4;1-3-8-6(7)4-5(2)9;2*1-4(6)3-5(2)7;;;;;;/h7H2,1-6H3;5H2,1-4H3;3-4H2,1-2H3;2*3H2,1-2H3;6*1H4. The van der Waals surface area contributed by atoms with Gasteiger partial charge in [-0.05, 0) is 69.0 Å². The molecule has 0 aromatic carbocycles. The molecule has 0 fully saturated rings. The maximum Gasteiger partial charge on any atom is 0.310 e. The molecule has 0 saturated carbocycles. The summed E-state index contributed by atoms with van der Waals surface area (Å²) in [6, 6.07) is 0. The lowest BCUT2D eigenvalue weighted by Gasteiger charge is -2.23. The fourth-order valence-electron chi connectivity index (χ4n) is 2.28. The Balaban J connectivity index is -0.0000000444. The van der Waals surface area contributed by atoms with Crippen molar-refractivity contribution in [2.24, 2.45) is 16.2 Å². The molecular formula is C41H84O6S5. The van der Waals surface area contributed by atoms with E-state index in [0.29, 0.717) is 37.2 Å². The predicted octanol–water partition coefficient (Wildman–Crippen LogP) is 13.6. The number of thiocarbonyl (C=S) groups is 5. The monoisotopic (exact) mass is 832 g/mol. The number of hydrogen-bond acceptors (Lipinski definition) is 11. The number of ether oxygens (including phenoxy) is 1. The summed E-state index contributed by atoms with van der Waals surface area (Å²) in [6.45, 7) is 30.1. The number of hydrogen-bond donors (Lipinski definition) is 0. The number of Topliss-reactive ketones (excluding diaryl/α,β-unsaturated/α-hetero) is 4. The van der Waals surface area contributed by atoms with Crippen LogP contribution in [0.25, 0.3) is 0 Å². The zero-order valence-electron chi connectivity index (χ0n) is 31.2. The Morgan fingerprint density at radius 1 is 0.423 bits per heavy atom. The van der Waals surface area contributed by atoms with Gasteiger partial charge < -0.3 is 4.74 Å². The van der Waals surface area contributed by atoms with Gasteiger partial charge in [0.05, 0.1) is 13.0 Å². The fourth-order valence-corrected chi connectivity index (χ4v) is 3.14. The molecule has 0 N–H and O–H groups in total. The van der Waals surface area contributed by atoms with Crippen LogP contribution in [0.5, 0.6) is 0 Å². The van der Waals surface area contributed by atoms with Crippen LogP contribution in [-0.4, -0.2) is 60.0 Å². The highest BCUT2D eigenvalue weighted by molar-refractivity contribution is 7.81. The SMILES string of the molecule is C.C.C.C.C.C.CC(=O)CC(=S)C(C)(C)C.CC(=O)CC(C)=S.CC(=O)CC(C)=S.CC(C)(C)C(=O)CC(=S)C(C)(C)C.CCOC(=O)CC(C)=S. The lowest BCUT2D eigenvalue weighted by Crippen LogP contribution is -2.27. The van der Waals surface area contributed by atoms with Crippen LogP contribution < -0.4 is 0 Å². The van der Waals surface area contributed by atoms with E-state index in [9.17, 15) is 24.0 Å². The second kappa shape index (κ2) is 40.8. The van der Waals surface area contributed by atoms with Gasteiger partial charge in [0.2, 0.25) is 0 Å². The third-order valence-electron chi connectivity index (χ3n) is 4.93. The van der Waals surface area contributed by atoms with E-state index in [1.165, 1.54) is 13.8 Å². The van der Waals surface area contributed by atoms with Gasteiger partial charge in [0.1, 0.15) is 23.1 Å². The molecule has 0 rings (SSSR count). The molecule has 0 aromatic rings. The van der Waals surface area contributed by atoms with E-state index in [4.69, 9.17) is 24.4 Å². The van der Waals surface area contributed by atoms with E-state index < -0.39 is 0 Å². The summed E-state index contributed by atoms with van der Waals surface area (Å²) in [5.41, 5.74) is -0.299. The molecule has 11 heteroatoms. The predicted molar refractivity (Wildman–Crippen MR) is 256 cm³/mol. The number of esters is 1. The molecule has 0 heterocycles. The van der Waals surface area contributed by atoms with Gasteiger partial charge in [-0.15, -0.1) is 0 Å². The number of carbonyl (C=O) groups excluding carboxylic acids is 5. The second-order valence-corrected chi connectivity index (χ2v) is 17.0. The van der Waals surface area contributed by atoms with Crippen molar-refractivity contribution in [2.45, 2.75) is 187 Å². The minimum atomic E-state index is -0.269. The van der Waals surface area contributed by atoms with Crippen LogP contribution in [0.15, 0.2) is 0 Å². The van der Waals surface area contributed by atoms with Crippen LogP contribution in [0, 0.1) is 16.2 Å². The van der Waals surface area contributed by atoms with Gasteiger partial charge in [-0.1, -0.05) is 168 Å². The molecule has 0 aromatic heterocycles. The molecule has 52 heavy (non-hydrogen) atoms. The normalized spacial score (nSPS) is 9.08. The van der Waals surface area contributed by atoms with E-state index in [1.807, 2.05) is 62.3 Å². The van der Waals surface area contributed by atoms with Gasteiger partial charge in [-0.3, -0.25) is 24.0 Å². The molecule has 0 atom stereocenters. The van der Waals surface area contributed by atoms with Crippen LogP contribution in [0.1, 0.15) is 187 Å². The van der Waals surface area contributed by atoms with Crippen molar-refractivity contribution in [3.8, 4) is 0 Å². The summed E-state index contributed by atoms with van der Waals surface area (Å²) in [4.78, 5) is 57.0. The molecule has 0 amide bonds. The first kappa shape index (κ1) is 79.4. The number of ketones is 4. The lowest BCUT2D eigenvalue weighted by atomic mass is 9.82. The highest BCUT2D eigenvalue weighted by atomic mass is 32.1. The van der Waals surface area contributed by atoms with Gasteiger partial charge >= 0.3 is 5.97 Å². The molecule has 0 aliphatic rings. The van der Waals surface area contributed by atoms with E-state index >= 15 is 0 Å². The quantitative estimate of drug-likeness (QED) is 0.147. The second-order valence-electron chi connectivity index (χ2n) is 13.9. The summed E-state index contributed by atoms with van der Waals surface area (Å²) in [6.07, 6.45) is 2.05. The Labute approximate surface area is 351 Å². The van der Waals surface area contributed by atoms with Crippen molar-refractivity contribution >= 4 is 115 Å². The number of carbonyl (C=O) groups is 5. The Kier molecular flexibility index (Phi) is 62.3. The van der Waals surface area contributed by atoms with E-state index in [1.54, 1.807) is 34.6 Å². The molecule has 6 nitrogen and oxygen atoms in total. The van der Waals surface area contributed by atoms with Gasteiger partial charge in [-0.2, -0.15) is 0 Å². The van der Waals surface area contributed by atoms with Crippen molar-refractivity contribution < 1.29 is 28.7 Å². The van der Waals surface area contributed by atoms with Gasteiger partial charge in [0.15, 0.2) is 0 Å². The Bertz CT molecular complexity index is 997. The summed E-state index contributed by atoms with van der Waals surface area (Å²) in [5, 5.41) is 0. The van der Waals surface area contributed by atoms with Gasteiger partial charge in [0, 0.05) is 45.7 Å². The highest BCUT2D eigenvalue weighted by Gasteiger charge is 2.26. The summed E-state index contributed by atoms with van der Waals surface area (Å²) < 4.78 is 4.63. The van der Waals surface area contributed by atoms with Crippen molar-refractivity contribution in [1.29, 1.82) is 0 Å². The molecule has 0 radical (unpaired) electrons.